The van der Waals surface area contributed by atoms with Crippen LogP contribution in [0.2, 0.25) is 5.02 Å². The number of hydrogen-bond acceptors (Lipinski definition) is 4. The first kappa shape index (κ1) is 17.4. The number of unbranched alkanes of at least 4 members (excludes halogenated alkanes) is 1. The first-order valence-electron chi connectivity index (χ1n) is 6.26. The van der Waals surface area contributed by atoms with E-state index < -0.39 is 22.0 Å². The van der Waals surface area contributed by atoms with Crippen molar-refractivity contribution in [1.82, 2.24) is 4.72 Å². The van der Waals surface area contributed by atoms with E-state index in [-0.39, 0.29) is 21.9 Å². The molecule has 0 bridgehead atoms. The van der Waals surface area contributed by atoms with E-state index in [9.17, 15) is 13.2 Å². The molecule has 0 fully saturated rings. The van der Waals surface area contributed by atoms with Crippen LogP contribution in [0.15, 0.2) is 23.1 Å². The van der Waals surface area contributed by atoms with Crippen LogP contribution in [0.1, 0.15) is 31.7 Å². The molecule has 6 nitrogen and oxygen atoms in total. The number of rotatable bonds is 7. The lowest BCUT2D eigenvalue weighted by Crippen LogP contribution is -2.40. The molecule has 0 heterocycles. The Morgan fingerprint density at radius 1 is 1.52 bits per heavy atom. The lowest BCUT2D eigenvalue weighted by Gasteiger charge is -2.15. The van der Waals surface area contributed by atoms with Gasteiger partial charge < -0.3 is 5.11 Å². The summed E-state index contributed by atoms with van der Waals surface area (Å²) >= 11 is 5.84. The standard InChI is InChI=1S/C13H15ClN2O4S/c1-2-3-4-11(13(17)18)16-21(19,20)12-6-5-9(8-15)7-10(12)14/h5-7,11,16H,2-4H2,1H3,(H,17,18). The summed E-state index contributed by atoms with van der Waals surface area (Å²) in [6.07, 6.45) is 1.53. The van der Waals surface area contributed by atoms with E-state index in [1.165, 1.54) is 18.2 Å². The van der Waals surface area contributed by atoms with Gasteiger partial charge in [-0.3, -0.25) is 4.79 Å². The van der Waals surface area contributed by atoms with Gasteiger partial charge in [0.25, 0.3) is 0 Å². The molecule has 1 atom stereocenters. The summed E-state index contributed by atoms with van der Waals surface area (Å²) in [5.41, 5.74) is 0.222. The fourth-order valence-corrected chi connectivity index (χ4v) is 3.45. The zero-order chi connectivity index (χ0) is 16.0. The number of aliphatic carboxylic acids is 1. The molecule has 0 aliphatic heterocycles. The summed E-state index contributed by atoms with van der Waals surface area (Å²) in [5.74, 6) is -1.24. The third kappa shape index (κ3) is 4.70. The second-order valence-electron chi connectivity index (χ2n) is 4.41. The molecule has 0 aromatic heterocycles. The number of nitriles is 1. The lowest BCUT2D eigenvalue weighted by atomic mass is 10.1. The van der Waals surface area contributed by atoms with Crippen LogP contribution in [0, 0.1) is 11.3 Å². The predicted molar refractivity (Wildman–Crippen MR) is 77.4 cm³/mol. The molecule has 114 valence electrons. The fourth-order valence-electron chi connectivity index (χ4n) is 1.68. The molecule has 1 unspecified atom stereocenters. The molecule has 21 heavy (non-hydrogen) atoms. The zero-order valence-electron chi connectivity index (χ0n) is 11.3. The smallest absolute Gasteiger partial charge is 0.321 e. The van der Waals surface area contributed by atoms with Gasteiger partial charge in [-0.05, 0) is 24.6 Å². The maximum Gasteiger partial charge on any atom is 0.321 e. The van der Waals surface area contributed by atoms with Crippen LogP contribution in [0.4, 0.5) is 0 Å². The van der Waals surface area contributed by atoms with Crippen molar-refractivity contribution in [1.29, 1.82) is 5.26 Å². The normalized spacial score (nSPS) is 12.6. The second-order valence-corrected chi connectivity index (χ2v) is 6.50. The highest BCUT2D eigenvalue weighted by Crippen LogP contribution is 2.23. The number of carboxylic acid groups (broad SMARTS) is 1. The van der Waals surface area contributed by atoms with Crippen LogP contribution in [-0.4, -0.2) is 25.5 Å². The van der Waals surface area contributed by atoms with Crippen LogP contribution in [-0.2, 0) is 14.8 Å². The van der Waals surface area contributed by atoms with Crippen molar-refractivity contribution in [3.8, 4) is 6.07 Å². The van der Waals surface area contributed by atoms with E-state index in [0.717, 1.165) is 6.42 Å². The Morgan fingerprint density at radius 2 is 2.19 bits per heavy atom. The summed E-state index contributed by atoms with van der Waals surface area (Å²) in [4.78, 5) is 10.9. The molecule has 0 aliphatic carbocycles. The van der Waals surface area contributed by atoms with Crippen molar-refractivity contribution < 1.29 is 18.3 Å². The lowest BCUT2D eigenvalue weighted by molar-refractivity contribution is -0.139. The highest BCUT2D eigenvalue weighted by Gasteiger charge is 2.26. The molecule has 1 aromatic rings. The van der Waals surface area contributed by atoms with Gasteiger partial charge in [0.05, 0.1) is 16.7 Å². The summed E-state index contributed by atoms with van der Waals surface area (Å²) in [5, 5.41) is 17.7. The third-order valence-corrected chi connectivity index (χ3v) is 4.75. The van der Waals surface area contributed by atoms with Crippen molar-refractivity contribution in [2.75, 3.05) is 0 Å². The van der Waals surface area contributed by atoms with Gasteiger partial charge in [0, 0.05) is 0 Å². The Balaban J connectivity index is 3.05. The van der Waals surface area contributed by atoms with Gasteiger partial charge in [-0.2, -0.15) is 9.98 Å². The molecule has 0 radical (unpaired) electrons. The largest absolute Gasteiger partial charge is 0.480 e. The molecule has 0 spiro atoms. The molecule has 1 aromatic carbocycles. The molecule has 0 saturated carbocycles. The van der Waals surface area contributed by atoms with E-state index in [2.05, 4.69) is 4.72 Å². The maximum absolute atomic E-state index is 12.2. The highest BCUT2D eigenvalue weighted by molar-refractivity contribution is 7.89. The molecule has 0 aliphatic rings. The summed E-state index contributed by atoms with van der Waals surface area (Å²) in [6.45, 7) is 1.88. The average Bonchev–Trinajstić information content (AvgIpc) is 2.42. The minimum atomic E-state index is -4.06. The number of carbonyl (C=O) groups is 1. The number of hydrogen-bond donors (Lipinski definition) is 2. The SMILES string of the molecule is CCCCC(NS(=O)(=O)c1ccc(C#N)cc1Cl)C(=O)O. The Bertz CT molecular complexity index is 667. The van der Waals surface area contributed by atoms with Crippen LogP contribution in [0.3, 0.4) is 0 Å². The number of nitrogens with one attached hydrogen (secondary N) is 1. The first-order valence-corrected chi connectivity index (χ1v) is 8.12. The number of sulfonamides is 1. The van der Waals surface area contributed by atoms with Gasteiger partial charge in [-0.25, -0.2) is 8.42 Å². The van der Waals surface area contributed by atoms with Crippen molar-refractivity contribution >= 4 is 27.6 Å². The Labute approximate surface area is 128 Å². The van der Waals surface area contributed by atoms with Crippen molar-refractivity contribution in [2.24, 2.45) is 0 Å². The van der Waals surface area contributed by atoms with Crippen molar-refractivity contribution in [3.63, 3.8) is 0 Å². The van der Waals surface area contributed by atoms with Crippen LogP contribution < -0.4 is 4.72 Å². The van der Waals surface area contributed by atoms with Gasteiger partial charge >= 0.3 is 5.97 Å². The number of nitrogens with zero attached hydrogens (tertiary/aromatic N) is 1. The summed E-state index contributed by atoms with van der Waals surface area (Å²) in [6, 6.07) is 4.34. The second kappa shape index (κ2) is 7.41. The van der Waals surface area contributed by atoms with Gasteiger partial charge in [-0.15, -0.1) is 0 Å². The topological polar surface area (TPSA) is 107 Å². The van der Waals surface area contributed by atoms with Gasteiger partial charge in [0.15, 0.2) is 0 Å². The van der Waals surface area contributed by atoms with Gasteiger partial charge in [0.2, 0.25) is 10.0 Å². The highest BCUT2D eigenvalue weighted by atomic mass is 35.5. The predicted octanol–water partition coefficient (Wildman–Crippen LogP) is 2.13. The monoisotopic (exact) mass is 330 g/mol. The van der Waals surface area contributed by atoms with Crippen molar-refractivity contribution in [3.05, 3.63) is 28.8 Å². The van der Waals surface area contributed by atoms with Gasteiger partial charge in [0.1, 0.15) is 10.9 Å². The van der Waals surface area contributed by atoms with Crippen LogP contribution in [0.5, 0.6) is 0 Å². The van der Waals surface area contributed by atoms with E-state index >= 15 is 0 Å². The van der Waals surface area contributed by atoms with Crippen LogP contribution >= 0.6 is 11.6 Å². The molecule has 0 amide bonds. The van der Waals surface area contributed by atoms with Gasteiger partial charge in [-0.1, -0.05) is 31.4 Å². The molecular formula is C13H15ClN2O4S. The Morgan fingerprint density at radius 3 is 2.67 bits per heavy atom. The minimum absolute atomic E-state index is 0.124. The fraction of sp³-hybridized carbons (Fsp3) is 0.385. The van der Waals surface area contributed by atoms with E-state index in [1.54, 1.807) is 0 Å². The summed E-state index contributed by atoms with van der Waals surface area (Å²) in [7, 11) is -4.06. The number of benzene rings is 1. The zero-order valence-corrected chi connectivity index (χ0v) is 12.9. The molecule has 8 heteroatoms. The molecule has 0 saturated heterocycles. The third-order valence-electron chi connectivity index (χ3n) is 2.79. The quantitative estimate of drug-likeness (QED) is 0.796. The minimum Gasteiger partial charge on any atom is -0.480 e. The summed E-state index contributed by atoms with van der Waals surface area (Å²) < 4.78 is 26.5. The van der Waals surface area contributed by atoms with E-state index in [0.29, 0.717) is 6.42 Å². The molecule has 1 rings (SSSR count). The van der Waals surface area contributed by atoms with Crippen molar-refractivity contribution in [2.45, 2.75) is 37.1 Å². The number of halogens is 1. The maximum atomic E-state index is 12.2. The molecular weight excluding hydrogens is 316 g/mol. The Kier molecular flexibility index (Phi) is 6.15. The van der Waals surface area contributed by atoms with Crippen LogP contribution in [0.25, 0.3) is 0 Å². The van der Waals surface area contributed by atoms with E-state index in [1.807, 2.05) is 13.0 Å². The number of carboxylic acids is 1. The Hall–Kier alpha value is -1.62. The molecule has 2 N–H and O–H groups in total. The van der Waals surface area contributed by atoms with E-state index in [4.69, 9.17) is 22.0 Å². The average molecular weight is 331 g/mol. The first-order chi connectivity index (χ1) is 9.81.